The molecule has 0 amide bonds. The van der Waals surface area contributed by atoms with Crippen molar-refractivity contribution in [3.05, 3.63) is 0 Å². The molecule has 2 aliphatic carbocycles. The van der Waals surface area contributed by atoms with Crippen LogP contribution in [0.25, 0.3) is 0 Å². The Kier molecular flexibility index (Phi) is 5.40. The van der Waals surface area contributed by atoms with Gasteiger partial charge < -0.3 is 19.1 Å². The number of fused-ring (bicyclic) bond motifs is 4. The summed E-state index contributed by atoms with van der Waals surface area (Å²) in [5.41, 5.74) is 6.79. The van der Waals surface area contributed by atoms with E-state index >= 15 is 0 Å². The Labute approximate surface area is 168 Å². The van der Waals surface area contributed by atoms with Gasteiger partial charge in [-0.25, -0.2) is 0 Å². The highest BCUT2D eigenvalue weighted by Crippen LogP contribution is 2.46. The van der Waals surface area contributed by atoms with Gasteiger partial charge in [0, 0.05) is 19.4 Å². The summed E-state index contributed by atoms with van der Waals surface area (Å²) >= 11 is 0. The lowest BCUT2D eigenvalue weighted by atomic mass is 9.61. The van der Waals surface area contributed by atoms with E-state index in [2.05, 4.69) is 6.07 Å². The molecule has 5 fully saturated rings. The van der Waals surface area contributed by atoms with Gasteiger partial charge in [0.05, 0.1) is 37.0 Å². The van der Waals surface area contributed by atoms with Crippen LogP contribution >= 0.6 is 0 Å². The van der Waals surface area contributed by atoms with E-state index in [-0.39, 0.29) is 18.2 Å². The molecule has 28 heavy (non-hydrogen) atoms. The summed E-state index contributed by atoms with van der Waals surface area (Å²) in [6.07, 6.45) is 10.2. The fourth-order valence-corrected chi connectivity index (χ4v) is 7.56. The summed E-state index contributed by atoms with van der Waals surface area (Å²) in [6, 6.07) is 3.22. The lowest BCUT2D eigenvalue weighted by Crippen LogP contribution is -3.24. The minimum absolute atomic E-state index is 0.0224. The second kappa shape index (κ2) is 7.85. The first-order chi connectivity index (χ1) is 13.7. The molecule has 0 radical (unpaired) electrons. The van der Waals surface area contributed by atoms with Crippen LogP contribution in [0.3, 0.4) is 0 Å². The van der Waals surface area contributed by atoms with Crippen molar-refractivity contribution >= 4 is 0 Å². The first-order valence-corrected chi connectivity index (χ1v) is 11.5. The summed E-state index contributed by atoms with van der Waals surface area (Å²) in [7, 11) is 1.83. The van der Waals surface area contributed by atoms with Crippen molar-refractivity contribution in [3.63, 3.8) is 0 Å². The highest BCUT2D eigenvalue weighted by molar-refractivity contribution is 5.02. The quantitative estimate of drug-likeness (QED) is 0.737. The second-order valence-electron chi connectivity index (χ2n) is 10.0. The molecule has 3 aliphatic heterocycles. The molecule has 0 aromatic carbocycles. The smallest absolute Gasteiger partial charge is 0.155 e. The molecule has 0 aromatic heterocycles. The van der Waals surface area contributed by atoms with Gasteiger partial charge in [-0.1, -0.05) is 6.42 Å². The van der Waals surface area contributed by atoms with Crippen molar-refractivity contribution in [2.75, 3.05) is 20.4 Å². The number of methoxy groups -OCH3 is 1. The van der Waals surface area contributed by atoms with Gasteiger partial charge in [-0.15, -0.1) is 0 Å². The Morgan fingerprint density at radius 1 is 1.00 bits per heavy atom. The maximum absolute atomic E-state index is 10.0. The summed E-state index contributed by atoms with van der Waals surface area (Å²) < 4.78 is 17.4. The molecule has 2 saturated carbocycles. The first kappa shape index (κ1) is 19.3. The highest BCUT2D eigenvalue weighted by Gasteiger charge is 2.56. The molecule has 156 valence electrons. The third-order valence-electron chi connectivity index (χ3n) is 8.98. The summed E-state index contributed by atoms with van der Waals surface area (Å²) in [6.45, 7) is 1.58. The van der Waals surface area contributed by atoms with Crippen molar-refractivity contribution in [1.82, 2.24) is 0 Å². The number of nitriles is 1. The number of hydrogen-bond donors (Lipinski definition) is 2. The first-order valence-electron chi connectivity index (χ1n) is 11.5. The largest absolute Gasteiger partial charge is 0.381 e. The number of nitrogens with two attached hydrogens (primary N) is 1. The van der Waals surface area contributed by atoms with Crippen LogP contribution < -0.4 is 10.6 Å². The standard InChI is InChI=1S/C22H35N3O3/c1-26-15-4-2-3-13(7-15)16-9-19-17-10-21-20(27-12-28-21)8-14(17)5-6-25(19)22(24)18(16)11-23/h13-22H,2-10,12,24H2,1H3/p+1. The third-order valence-corrected chi connectivity index (χ3v) is 8.98. The van der Waals surface area contributed by atoms with E-state index in [1.807, 2.05) is 7.11 Å². The molecule has 0 bridgehead atoms. The molecular weight excluding hydrogens is 354 g/mol. The van der Waals surface area contributed by atoms with Crippen LogP contribution in [0, 0.1) is 40.9 Å². The molecule has 3 saturated heterocycles. The third kappa shape index (κ3) is 3.20. The SMILES string of the molecule is COC1CCCC(C2CC3C4CC5OCOC5CC4CC[NH+]3C(N)C2C#N)C1. The van der Waals surface area contributed by atoms with Crippen LogP contribution in [0.1, 0.15) is 51.4 Å². The van der Waals surface area contributed by atoms with Gasteiger partial charge in [-0.05, 0) is 56.3 Å². The molecule has 3 N–H and O–H groups in total. The normalized spacial score (nSPS) is 53.5. The minimum Gasteiger partial charge on any atom is -0.381 e. The Bertz CT molecular complexity index is 610. The Morgan fingerprint density at radius 2 is 1.79 bits per heavy atom. The maximum atomic E-state index is 10.0. The number of ether oxygens (including phenoxy) is 3. The zero-order valence-electron chi connectivity index (χ0n) is 17.1. The molecule has 11 unspecified atom stereocenters. The van der Waals surface area contributed by atoms with Gasteiger partial charge in [-0.2, -0.15) is 5.26 Å². The van der Waals surface area contributed by atoms with Gasteiger partial charge in [0.1, 0.15) is 12.7 Å². The molecule has 3 heterocycles. The van der Waals surface area contributed by atoms with Crippen LogP contribution in [0.5, 0.6) is 0 Å². The van der Waals surface area contributed by atoms with Gasteiger partial charge in [0.25, 0.3) is 0 Å². The highest BCUT2D eigenvalue weighted by atomic mass is 16.7. The zero-order chi connectivity index (χ0) is 19.3. The molecule has 6 heteroatoms. The zero-order valence-corrected chi connectivity index (χ0v) is 17.1. The van der Waals surface area contributed by atoms with Crippen LogP contribution in [0.2, 0.25) is 0 Å². The van der Waals surface area contributed by atoms with Gasteiger partial charge in [0.2, 0.25) is 0 Å². The maximum Gasteiger partial charge on any atom is 0.155 e. The van der Waals surface area contributed by atoms with E-state index in [9.17, 15) is 5.26 Å². The molecule has 6 nitrogen and oxygen atoms in total. The van der Waals surface area contributed by atoms with Gasteiger partial charge >= 0.3 is 0 Å². The number of nitrogens with one attached hydrogen (secondary N) is 1. The van der Waals surface area contributed by atoms with Crippen molar-refractivity contribution in [2.24, 2.45) is 35.3 Å². The topological polar surface area (TPSA) is 81.9 Å². The van der Waals surface area contributed by atoms with E-state index in [1.54, 1.807) is 0 Å². The average molecular weight is 391 g/mol. The fourth-order valence-electron chi connectivity index (χ4n) is 7.56. The van der Waals surface area contributed by atoms with Crippen LogP contribution in [-0.2, 0) is 14.2 Å². The van der Waals surface area contributed by atoms with Crippen molar-refractivity contribution in [1.29, 1.82) is 5.26 Å². The van der Waals surface area contributed by atoms with Crippen molar-refractivity contribution < 1.29 is 19.1 Å². The second-order valence-corrected chi connectivity index (χ2v) is 10.0. The van der Waals surface area contributed by atoms with Crippen LogP contribution in [0.4, 0.5) is 0 Å². The van der Waals surface area contributed by atoms with Gasteiger partial charge in [-0.3, -0.25) is 5.73 Å². The Morgan fingerprint density at radius 3 is 2.57 bits per heavy atom. The fraction of sp³-hybridized carbons (Fsp3) is 0.955. The average Bonchev–Trinajstić information content (AvgIpc) is 3.19. The molecular formula is C22H36N3O3+. The number of piperidine rings is 2. The minimum atomic E-state index is -0.0453. The van der Waals surface area contributed by atoms with Crippen molar-refractivity contribution in [2.45, 2.75) is 81.9 Å². The van der Waals surface area contributed by atoms with E-state index in [1.165, 1.54) is 24.2 Å². The Hall–Kier alpha value is -0.710. The predicted octanol–water partition coefficient (Wildman–Crippen LogP) is 1.06. The number of rotatable bonds is 2. The lowest BCUT2D eigenvalue weighted by molar-refractivity contribution is -0.970. The van der Waals surface area contributed by atoms with Gasteiger partial charge in [0.15, 0.2) is 6.17 Å². The number of nitrogens with zero attached hydrogens (tertiary/aromatic N) is 1. The summed E-state index contributed by atoms with van der Waals surface area (Å²) in [5.74, 6) is 2.39. The molecule has 0 spiro atoms. The molecule has 5 aliphatic rings. The predicted molar refractivity (Wildman–Crippen MR) is 103 cm³/mol. The van der Waals surface area contributed by atoms with Crippen molar-refractivity contribution in [3.8, 4) is 6.07 Å². The number of hydrogen-bond acceptors (Lipinski definition) is 5. The Balaban J connectivity index is 1.37. The van der Waals surface area contributed by atoms with Crippen LogP contribution in [0.15, 0.2) is 0 Å². The molecule has 11 atom stereocenters. The summed E-state index contributed by atoms with van der Waals surface area (Å²) in [4.78, 5) is 1.50. The van der Waals surface area contributed by atoms with E-state index in [0.717, 1.165) is 44.6 Å². The van der Waals surface area contributed by atoms with E-state index in [0.29, 0.717) is 42.8 Å². The van der Waals surface area contributed by atoms with E-state index in [4.69, 9.17) is 19.9 Å². The number of quaternary nitrogens is 1. The van der Waals surface area contributed by atoms with E-state index < -0.39 is 0 Å². The lowest BCUT2D eigenvalue weighted by Gasteiger charge is -2.54. The van der Waals surface area contributed by atoms with Crippen LogP contribution in [-0.4, -0.2) is 51.0 Å². The molecule has 5 rings (SSSR count). The summed E-state index contributed by atoms with van der Waals surface area (Å²) in [5, 5.41) is 10.0. The monoisotopic (exact) mass is 390 g/mol. The molecule has 0 aromatic rings.